The minimum absolute atomic E-state index is 0.764. The molecule has 0 spiro atoms. The van der Waals surface area contributed by atoms with Crippen molar-refractivity contribution in [1.29, 1.82) is 5.26 Å². The Bertz CT molecular complexity index is 852. The summed E-state index contributed by atoms with van der Waals surface area (Å²) in [6.45, 7) is 5.74. The third-order valence-electron chi connectivity index (χ3n) is 15.6. The van der Waals surface area contributed by atoms with Gasteiger partial charge < -0.3 is 5.73 Å². The van der Waals surface area contributed by atoms with E-state index in [1.807, 2.05) is 0 Å². The lowest BCUT2D eigenvalue weighted by atomic mass is 9.77. The largest absolute Gasteiger partial charge is 0.330 e. The molecule has 0 radical (unpaired) electrons. The van der Waals surface area contributed by atoms with Crippen LogP contribution in [0.5, 0.6) is 0 Å². The summed E-state index contributed by atoms with van der Waals surface area (Å²) in [5.74, 6) is 12.6. The van der Waals surface area contributed by atoms with E-state index in [0.717, 1.165) is 84.0 Å². The molecule has 0 amide bonds. The Kier molecular flexibility index (Phi) is 15.0. The first-order chi connectivity index (χ1) is 22.1. The Labute approximate surface area is 281 Å². The van der Waals surface area contributed by atoms with Crippen LogP contribution in [0.25, 0.3) is 0 Å². The zero-order valence-electron chi connectivity index (χ0n) is 30.3. The molecular formula is C43H76N2. The average Bonchev–Trinajstić information content (AvgIpc) is 3.89. The number of nitrogens with two attached hydrogens (primary N) is 1. The summed E-state index contributed by atoms with van der Waals surface area (Å²) in [5.41, 5.74) is 5.63. The van der Waals surface area contributed by atoms with Gasteiger partial charge in [0.1, 0.15) is 0 Å². The third-order valence-corrected chi connectivity index (χ3v) is 15.6. The minimum atomic E-state index is 0.764. The van der Waals surface area contributed by atoms with Crippen LogP contribution in [-0.2, 0) is 0 Å². The van der Waals surface area contributed by atoms with Crippen LogP contribution in [0.3, 0.4) is 0 Å². The van der Waals surface area contributed by atoms with Crippen molar-refractivity contribution in [3.63, 3.8) is 0 Å². The van der Waals surface area contributed by atoms with E-state index < -0.39 is 0 Å². The van der Waals surface area contributed by atoms with E-state index in [0.29, 0.717) is 0 Å². The Morgan fingerprint density at radius 2 is 0.889 bits per heavy atom. The molecule has 0 bridgehead atoms. The van der Waals surface area contributed by atoms with Crippen molar-refractivity contribution >= 4 is 0 Å². The monoisotopic (exact) mass is 621 g/mol. The number of rotatable bonds is 4. The van der Waals surface area contributed by atoms with E-state index >= 15 is 0 Å². The summed E-state index contributed by atoms with van der Waals surface area (Å²) in [7, 11) is 0. The van der Waals surface area contributed by atoms with Gasteiger partial charge in [-0.15, -0.1) is 0 Å². The fraction of sp³-hybridized carbons (Fsp3) is 0.977. The van der Waals surface area contributed by atoms with E-state index in [-0.39, 0.29) is 0 Å². The molecule has 0 aromatic rings. The predicted molar refractivity (Wildman–Crippen MR) is 193 cm³/mol. The highest BCUT2D eigenvalue weighted by molar-refractivity contribution is 4.92. The van der Waals surface area contributed by atoms with Gasteiger partial charge in [0.15, 0.2) is 0 Å². The molecule has 2 N–H and O–H groups in total. The van der Waals surface area contributed by atoms with Gasteiger partial charge in [-0.2, -0.15) is 5.26 Å². The second-order valence-electron chi connectivity index (χ2n) is 17.7. The van der Waals surface area contributed by atoms with Crippen molar-refractivity contribution < 1.29 is 0 Å². The summed E-state index contributed by atoms with van der Waals surface area (Å²) >= 11 is 0. The predicted octanol–water partition coefficient (Wildman–Crippen LogP) is 12.5. The zero-order valence-corrected chi connectivity index (χ0v) is 30.3. The first-order valence-electron chi connectivity index (χ1n) is 21.2. The average molecular weight is 621 g/mol. The molecule has 12 atom stereocenters. The molecule has 12 unspecified atom stereocenters. The van der Waals surface area contributed by atoms with Crippen molar-refractivity contribution in [3.05, 3.63) is 0 Å². The van der Waals surface area contributed by atoms with Gasteiger partial charge in [0.05, 0.1) is 6.07 Å². The second kappa shape index (κ2) is 18.8. The van der Waals surface area contributed by atoms with Crippen molar-refractivity contribution in [2.75, 3.05) is 6.54 Å². The van der Waals surface area contributed by atoms with Gasteiger partial charge >= 0.3 is 0 Å². The molecule has 8 rings (SSSR count). The molecular weight excluding hydrogens is 544 g/mol. The molecule has 0 aromatic heterocycles. The standard InChI is InChI=1S/C11H21N.C11H17N.C11H20.C10H18/c2*12-8-7-10-6-5-9-3-1-2-4-11(9)10;1-2-9-7-8-10-5-3-4-6-11(9)10;1-8-6-7-9-4-2-3-5-10(8)9/h9-11H,1-8,12H2;9-11H,1-7H2;9-11H,2-8H2,1H3;8-10H,2-7H2,1H3. The SMILES string of the molecule is CC1CCC2CCCCC12.CCC1CCC2CCCCC12.N#CCC1CCC2CCCCC12.NCCC1CCC2CCCCC12. The lowest BCUT2D eigenvalue weighted by molar-refractivity contribution is 0.222. The summed E-state index contributed by atoms with van der Waals surface area (Å²) in [4.78, 5) is 0. The molecule has 8 aliphatic rings. The molecule has 2 heteroatoms. The highest BCUT2D eigenvalue weighted by Crippen LogP contribution is 2.49. The van der Waals surface area contributed by atoms with E-state index in [4.69, 9.17) is 11.0 Å². The van der Waals surface area contributed by atoms with Crippen LogP contribution < -0.4 is 5.73 Å². The smallest absolute Gasteiger partial charge is 0.0624 e. The first-order valence-corrected chi connectivity index (χ1v) is 21.2. The first kappa shape index (κ1) is 35.7. The van der Waals surface area contributed by atoms with Crippen LogP contribution in [0.2, 0.25) is 0 Å². The Hall–Kier alpha value is -0.550. The summed E-state index contributed by atoms with van der Waals surface area (Å²) in [6, 6.07) is 2.34. The molecule has 258 valence electrons. The maximum Gasteiger partial charge on any atom is 0.0624 e. The normalized spacial score (nSPS) is 43.0. The number of hydrogen-bond acceptors (Lipinski definition) is 2. The molecule has 8 fully saturated rings. The Morgan fingerprint density at radius 3 is 1.38 bits per heavy atom. The van der Waals surface area contributed by atoms with E-state index in [1.54, 1.807) is 44.9 Å². The van der Waals surface area contributed by atoms with Crippen LogP contribution in [-0.4, -0.2) is 6.54 Å². The Balaban J connectivity index is 0.000000119. The molecule has 0 saturated heterocycles. The fourth-order valence-corrected chi connectivity index (χ4v) is 13.1. The maximum absolute atomic E-state index is 8.67. The summed E-state index contributed by atoms with van der Waals surface area (Å²) < 4.78 is 0. The summed E-state index contributed by atoms with van der Waals surface area (Å²) in [6.07, 6.45) is 39.5. The van der Waals surface area contributed by atoms with E-state index in [2.05, 4.69) is 19.9 Å². The lowest BCUT2D eigenvalue weighted by Gasteiger charge is -2.29. The van der Waals surface area contributed by atoms with Crippen molar-refractivity contribution in [3.8, 4) is 6.07 Å². The lowest BCUT2D eigenvalue weighted by Crippen LogP contribution is -2.20. The van der Waals surface area contributed by atoms with E-state index in [9.17, 15) is 0 Å². The molecule has 2 nitrogen and oxygen atoms in total. The summed E-state index contributed by atoms with van der Waals surface area (Å²) in [5, 5.41) is 8.67. The van der Waals surface area contributed by atoms with Gasteiger partial charge in [-0.1, -0.05) is 104 Å². The molecule has 0 heterocycles. The Morgan fingerprint density at radius 1 is 0.489 bits per heavy atom. The maximum atomic E-state index is 8.67. The van der Waals surface area contributed by atoms with Crippen molar-refractivity contribution in [2.45, 2.75) is 187 Å². The highest BCUT2D eigenvalue weighted by atomic mass is 14.5. The van der Waals surface area contributed by atoms with Crippen LogP contribution in [0.15, 0.2) is 0 Å². The molecule has 8 saturated carbocycles. The van der Waals surface area contributed by atoms with Crippen LogP contribution in [0.1, 0.15) is 187 Å². The number of nitrogens with zero attached hydrogens (tertiary/aromatic N) is 1. The zero-order chi connectivity index (χ0) is 31.4. The van der Waals surface area contributed by atoms with Crippen LogP contribution in [0, 0.1) is 82.3 Å². The fourth-order valence-electron chi connectivity index (χ4n) is 13.1. The molecule has 45 heavy (non-hydrogen) atoms. The van der Waals surface area contributed by atoms with Crippen molar-refractivity contribution in [1.82, 2.24) is 0 Å². The van der Waals surface area contributed by atoms with Crippen LogP contribution in [0.4, 0.5) is 0 Å². The molecule has 8 aliphatic carbocycles. The van der Waals surface area contributed by atoms with Gasteiger partial charge in [0.2, 0.25) is 0 Å². The van der Waals surface area contributed by atoms with E-state index in [1.165, 1.54) is 122 Å². The molecule has 0 aromatic carbocycles. The number of hydrogen-bond donors (Lipinski definition) is 1. The van der Waals surface area contributed by atoms with Gasteiger partial charge in [0, 0.05) is 6.42 Å². The third kappa shape index (κ3) is 9.76. The van der Waals surface area contributed by atoms with Gasteiger partial charge in [-0.3, -0.25) is 0 Å². The quantitative estimate of drug-likeness (QED) is 0.340. The molecule has 0 aliphatic heterocycles. The minimum Gasteiger partial charge on any atom is -0.330 e. The van der Waals surface area contributed by atoms with Gasteiger partial charge in [0.25, 0.3) is 0 Å². The number of nitriles is 1. The number of fused-ring (bicyclic) bond motifs is 4. The second-order valence-corrected chi connectivity index (χ2v) is 17.7. The van der Waals surface area contributed by atoms with Crippen LogP contribution >= 0.6 is 0 Å². The topological polar surface area (TPSA) is 49.8 Å². The van der Waals surface area contributed by atoms with Gasteiger partial charge in [-0.25, -0.2) is 0 Å². The van der Waals surface area contributed by atoms with Gasteiger partial charge in [-0.05, 0) is 155 Å². The van der Waals surface area contributed by atoms with Crippen molar-refractivity contribution in [2.24, 2.45) is 76.7 Å². The highest BCUT2D eigenvalue weighted by Gasteiger charge is 2.38.